The summed E-state index contributed by atoms with van der Waals surface area (Å²) in [7, 11) is 1.53. The molecule has 3 aliphatic rings. The first kappa shape index (κ1) is 21.4. The second kappa shape index (κ2) is 8.83. The van der Waals surface area contributed by atoms with E-state index in [1.54, 1.807) is 29.7 Å². The minimum atomic E-state index is -0.0322. The van der Waals surface area contributed by atoms with Crippen LogP contribution in [-0.4, -0.2) is 77.9 Å². The number of methoxy groups -OCH3 is 1. The van der Waals surface area contributed by atoms with Crippen molar-refractivity contribution in [2.75, 3.05) is 46.4 Å². The second-order valence-electron chi connectivity index (χ2n) is 9.15. The Kier molecular flexibility index (Phi) is 5.90. The van der Waals surface area contributed by atoms with Crippen LogP contribution in [0.25, 0.3) is 0 Å². The largest absolute Gasteiger partial charge is 0.480 e. The molecule has 0 radical (unpaired) electrons. The van der Waals surface area contributed by atoms with Gasteiger partial charge in [-0.05, 0) is 48.3 Å². The maximum Gasteiger partial charge on any atom is 0.259 e. The lowest BCUT2D eigenvalue weighted by Gasteiger charge is -2.36. The number of hydrogen-bond acceptors (Lipinski definition) is 6. The third-order valence-electron chi connectivity index (χ3n) is 7.37. The summed E-state index contributed by atoms with van der Waals surface area (Å²) in [6.45, 7) is 5.89. The van der Waals surface area contributed by atoms with Crippen LogP contribution in [0.4, 0.5) is 0 Å². The molecule has 2 aromatic rings. The van der Waals surface area contributed by atoms with Crippen molar-refractivity contribution < 1.29 is 14.3 Å². The van der Waals surface area contributed by atoms with Gasteiger partial charge in [0.2, 0.25) is 11.8 Å². The highest BCUT2D eigenvalue weighted by Gasteiger charge is 2.59. The fourth-order valence-electron chi connectivity index (χ4n) is 5.26. The molecule has 2 amide bonds. The van der Waals surface area contributed by atoms with E-state index in [1.165, 1.54) is 12.0 Å². The van der Waals surface area contributed by atoms with Crippen molar-refractivity contribution in [3.05, 3.63) is 46.3 Å². The van der Waals surface area contributed by atoms with Gasteiger partial charge >= 0.3 is 0 Å². The smallest absolute Gasteiger partial charge is 0.259 e. The summed E-state index contributed by atoms with van der Waals surface area (Å²) in [6, 6.07) is 7.80. The molecule has 0 N–H and O–H groups in total. The Morgan fingerprint density at radius 2 is 1.88 bits per heavy atom. The molecular formula is C24H30N4O3S. The van der Waals surface area contributed by atoms with Gasteiger partial charge in [-0.3, -0.25) is 14.5 Å². The number of carbonyl (C=O) groups excluding carboxylic acids is 2. The zero-order chi connectivity index (χ0) is 22.1. The van der Waals surface area contributed by atoms with Gasteiger partial charge in [-0.15, -0.1) is 11.3 Å². The number of hydrogen-bond donors (Lipinski definition) is 0. The standard InChI is InChI=1S/C24H30N4O3S/c1-31-21-19(5-2-8-25-21)22(29)27-9-6-24(7-10-27)16-20(24)23(30)28-13-11-26(12-14-28)17-18-4-3-15-32-18/h2-5,8,15,20H,6-7,9-14,16-17H2,1H3/t20-/m0/s1. The SMILES string of the molecule is COc1ncccc1C(=O)N1CCC2(CC1)C[C@H]2C(=O)N1CCN(Cc2cccs2)CC1. The molecule has 1 spiro atoms. The van der Waals surface area contributed by atoms with Gasteiger partial charge in [0.1, 0.15) is 5.56 Å². The lowest BCUT2D eigenvalue weighted by atomic mass is 9.90. The molecule has 1 saturated carbocycles. The molecule has 4 heterocycles. The number of nitrogens with zero attached hydrogens (tertiary/aromatic N) is 4. The highest BCUT2D eigenvalue weighted by atomic mass is 32.1. The number of ether oxygens (including phenoxy) is 1. The molecule has 2 aromatic heterocycles. The van der Waals surface area contributed by atoms with E-state index in [2.05, 4.69) is 32.3 Å². The summed E-state index contributed by atoms with van der Waals surface area (Å²) in [5.41, 5.74) is 0.607. The number of piperidine rings is 1. The number of rotatable bonds is 5. The Morgan fingerprint density at radius 3 is 2.56 bits per heavy atom. The van der Waals surface area contributed by atoms with Crippen LogP contribution in [0.5, 0.6) is 5.88 Å². The zero-order valence-electron chi connectivity index (χ0n) is 18.5. The highest BCUT2D eigenvalue weighted by Crippen LogP contribution is 2.60. The van der Waals surface area contributed by atoms with Crippen molar-refractivity contribution >= 4 is 23.2 Å². The summed E-state index contributed by atoms with van der Waals surface area (Å²) in [5, 5.41) is 2.12. The highest BCUT2D eigenvalue weighted by molar-refractivity contribution is 7.09. The predicted molar refractivity (Wildman–Crippen MR) is 123 cm³/mol. The van der Waals surface area contributed by atoms with Crippen LogP contribution in [0.1, 0.15) is 34.5 Å². The van der Waals surface area contributed by atoms with Gasteiger partial charge < -0.3 is 14.5 Å². The molecule has 0 unspecified atom stereocenters. The molecule has 8 heteroatoms. The van der Waals surface area contributed by atoms with E-state index in [0.29, 0.717) is 30.4 Å². The average molecular weight is 455 g/mol. The van der Waals surface area contributed by atoms with E-state index in [4.69, 9.17) is 4.74 Å². The summed E-state index contributed by atoms with van der Waals surface area (Å²) in [6.07, 6.45) is 4.40. The quantitative estimate of drug-likeness (QED) is 0.695. The van der Waals surface area contributed by atoms with Crippen molar-refractivity contribution in [1.29, 1.82) is 0 Å². The molecular weight excluding hydrogens is 424 g/mol. The van der Waals surface area contributed by atoms with Crippen LogP contribution in [0.3, 0.4) is 0 Å². The lowest BCUT2D eigenvalue weighted by Crippen LogP contribution is -2.49. The molecule has 1 atom stereocenters. The van der Waals surface area contributed by atoms with Crippen molar-refractivity contribution in [1.82, 2.24) is 19.7 Å². The Bertz CT molecular complexity index is 963. The van der Waals surface area contributed by atoms with Crippen molar-refractivity contribution in [3.8, 4) is 5.88 Å². The first-order valence-electron chi connectivity index (χ1n) is 11.4. The molecule has 2 aliphatic heterocycles. The fraction of sp³-hybridized carbons (Fsp3) is 0.542. The summed E-state index contributed by atoms with van der Waals surface area (Å²) < 4.78 is 5.25. The van der Waals surface area contributed by atoms with Crippen LogP contribution in [0, 0.1) is 11.3 Å². The number of piperazine rings is 1. The summed E-state index contributed by atoms with van der Waals surface area (Å²) in [4.78, 5) is 38.1. The van der Waals surface area contributed by atoms with Crippen LogP contribution in [0.2, 0.25) is 0 Å². The molecule has 32 heavy (non-hydrogen) atoms. The van der Waals surface area contributed by atoms with Gasteiger partial charge in [0.15, 0.2) is 0 Å². The maximum absolute atomic E-state index is 13.2. The lowest BCUT2D eigenvalue weighted by molar-refractivity contribution is -0.135. The monoisotopic (exact) mass is 454 g/mol. The average Bonchev–Trinajstić information content (AvgIpc) is 3.27. The van der Waals surface area contributed by atoms with Gasteiger partial charge in [0, 0.05) is 62.8 Å². The number of thiophene rings is 1. The zero-order valence-corrected chi connectivity index (χ0v) is 19.4. The summed E-state index contributed by atoms with van der Waals surface area (Å²) in [5.74, 6) is 0.802. The van der Waals surface area contributed by atoms with E-state index in [9.17, 15) is 9.59 Å². The van der Waals surface area contributed by atoms with Gasteiger partial charge in [-0.25, -0.2) is 4.98 Å². The minimum Gasteiger partial charge on any atom is -0.480 e. The summed E-state index contributed by atoms with van der Waals surface area (Å²) >= 11 is 1.80. The topological polar surface area (TPSA) is 66.0 Å². The van der Waals surface area contributed by atoms with Gasteiger partial charge in [-0.2, -0.15) is 0 Å². The minimum absolute atomic E-state index is 0.0322. The number of amides is 2. The van der Waals surface area contributed by atoms with Crippen molar-refractivity contribution in [2.24, 2.45) is 11.3 Å². The van der Waals surface area contributed by atoms with Crippen LogP contribution in [-0.2, 0) is 11.3 Å². The third kappa shape index (κ3) is 4.13. The Morgan fingerprint density at radius 1 is 1.09 bits per heavy atom. The Balaban J connectivity index is 1.12. The van der Waals surface area contributed by atoms with Crippen LogP contribution < -0.4 is 4.74 Å². The molecule has 5 rings (SSSR count). The molecule has 3 fully saturated rings. The third-order valence-corrected chi connectivity index (χ3v) is 8.23. The molecule has 1 aliphatic carbocycles. The molecule has 170 valence electrons. The van der Waals surface area contributed by atoms with E-state index in [-0.39, 0.29) is 17.2 Å². The predicted octanol–water partition coefficient (Wildman–Crippen LogP) is 2.74. The first-order chi connectivity index (χ1) is 15.6. The molecule has 7 nitrogen and oxygen atoms in total. The molecule has 0 bridgehead atoms. The van der Waals surface area contributed by atoms with Crippen LogP contribution >= 0.6 is 11.3 Å². The van der Waals surface area contributed by atoms with E-state index in [1.807, 2.05) is 4.90 Å². The second-order valence-corrected chi connectivity index (χ2v) is 10.2. The van der Waals surface area contributed by atoms with Gasteiger partial charge in [0.05, 0.1) is 7.11 Å². The number of likely N-dealkylation sites (tertiary alicyclic amines) is 1. The normalized spacial score (nSPS) is 22.7. The van der Waals surface area contributed by atoms with Crippen molar-refractivity contribution in [3.63, 3.8) is 0 Å². The van der Waals surface area contributed by atoms with E-state index >= 15 is 0 Å². The Labute approximate surface area is 193 Å². The maximum atomic E-state index is 13.2. The number of aromatic nitrogens is 1. The van der Waals surface area contributed by atoms with Gasteiger partial charge in [0.25, 0.3) is 5.91 Å². The van der Waals surface area contributed by atoms with Gasteiger partial charge in [-0.1, -0.05) is 6.07 Å². The first-order valence-corrected chi connectivity index (χ1v) is 12.3. The number of pyridine rings is 1. The van der Waals surface area contributed by atoms with Crippen molar-refractivity contribution in [2.45, 2.75) is 25.8 Å². The number of carbonyl (C=O) groups is 2. The van der Waals surface area contributed by atoms with E-state index in [0.717, 1.165) is 52.0 Å². The van der Waals surface area contributed by atoms with Crippen LogP contribution in [0.15, 0.2) is 35.8 Å². The fourth-order valence-corrected chi connectivity index (χ4v) is 6.01. The molecule has 0 aromatic carbocycles. The Hall–Kier alpha value is -2.45. The molecule has 2 saturated heterocycles. The van der Waals surface area contributed by atoms with E-state index < -0.39 is 0 Å².